The minimum absolute atomic E-state index is 0.254. The first-order chi connectivity index (χ1) is 16.5. The minimum atomic E-state index is -0.254. The zero-order valence-electron chi connectivity index (χ0n) is 19.2. The number of fused-ring (bicyclic) bond motifs is 3. The van der Waals surface area contributed by atoms with Crippen LogP contribution in [0.15, 0.2) is 43.0 Å². The highest BCUT2D eigenvalue weighted by atomic mass is 19.1. The largest absolute Gasteiger partial charge is 0.493 e. The van der Waals surface area contributed by atoms with Gasteiger partial charge in [-0.15, -0.1) is 10.2 Å². The van der Waals surface area contributed by atoms with Gasteiger partial charge in [-0.1, -0.05) is 13.8 Å². The molecule has 0 saturated carbocycles. The summed E-state index contributed by atoms with van der Waals surface area (Å²) in [5.74, 6) is 1.37. The van der Waals surface area contributed by atoms with Gasteiger partial charge >= 0.3 is 0 Å². The fourth-order valence-corrected chi connectivity index (χ4v) is 4.71. The Hall–Kier alpha value is -4.01. The molecule has 5 aromatic rings. The van der Waals surface area contributed by atoms with Gasteiger partial charge in [0.15, 0.2) is 5.65 Å². The molecule has 0 spiro atoms. The van der Waals surface area contributed by atoms with Crippen molar-refractivity contribution in [2.75, 3.05) is 11.9 Å². The van der Waals surface area contributed by atoms with Gasteiger partial charge in [-0.2, -0.15) is 0 Å². The van der Waals surface area contributed by atoms with Crippen LogP contribution in [-0.4, -0.2) is 35.6 Å². The van der Waals surface area contributed by atoms with Gasteiger partial charge in [0.1, 0.15) is 23.5 Å². The molecule has 5 heterocycles. The van der Waals surface area contributed by atoms with Gasteiger partial charge in [0.25, 0.3) is 0 Å². The Morgan fingerprint density at radius 2 is 1.97 bits per heavy atom. The second-order valence-corrected chi connectivity index (χ2v) is 8.86. The third kappa shape index (κ3) is 3.11. The van der Waals surface area contributed by atoms with Crippen molar-refractivity contribution < 1.29 is 9.13 Å². The molecule has 0 unspecified atom stereocenters. The van der Waals surface area contributed by atoms with Gasteiger partial charge < -0.3 is 14.5 Å². The highest BCUT2D eigenvalue weighted by Gasteiger charge is 2.21. The lowest BCUT2D eigenvalue weighted by Crippen LogP contribution is -2.10. The van der Waals surface area contributed by atoms with Gasteiger partial charge in [0, 0.05) is 59.0 Å². The molecule has 0 radical (unpaired) electrons. The fraction of sp³-hybridized carbons (Fsp3) is 0.280. The van der Waals surface area contributed by atoms with Crippen LogP contribution >= 0.6 is 0 Å². The third-order valence-corrected chi connectivity index (χ3v) is 6.45. The van der Waals surface area contributed by atoms with Crippen LogP contribution in [0.5, 0.6) is 5.75 Å². The maximum atomic E-state index is 14.6. The van der Waals surface area contributed by atoms with Crippen molar-refractivity contribution >= 4 is 17.2 Å². The normalized spacial score (nSPS) is 13.1. The van der Waals surface area contributed by atoms with Crippen LogP contribution in [0, 0.1) is 12.7 Å². The smallest absolute Gasteiger partial charge is 0.210 e. The van der Waals surface area contributed by atoms with Gasteiger partial charge in [-0.25, -0.2) is 14.4 Å². The molecule has 0 aliphatic carbocycles. The summed E-state index contributed by atoms with van der Waals surface area (Å²) in [5.41, 5.74) is 7.04. The van der Waals surface area contributed by atoms with Crippen molar-refractivity contribution in [2.24, 2.45) is 0 Å². The Balaban J connectivity index is 1.41. The van der Waals surface area contributed by atoms with E-state index in [2.05, 4.69) is 51.7 Å². The lowest BCUT2D eigenvalue weighted by Gasteiger charge is -2.14. The number of pyridine rings is 1. The average Bonchev–Trinajstić information content (AvgIpc) is 3.58. The SMILES string of the molecule is Cc1ccc(-c2cnc(NCc3c(F)ccc4c3CCO4)n3cnnc23)c2ncc(C(C)C)n12. The summed E-state index contributed by atoms with van der Waals surface area (Å²) in [7, 11) is 0. The highest BCUT2D eigenvalue weighted by Crippen LogP contribution is 2.32. The first-order valence-electron chi connectivity index (χ1n) is 11.4. The zero-order chi connectivity index (χ0) is 23.4. The maximum absolute atomic E-state index is 14.6. The standard InChI is InChI=1S/C25H24FN7O/c1-14(2)21-12-27-23-17(5-4-15(3)33(21)23)19-11-29-25(32-13-30-31-24(19)32)28-10-18-16-8-9-34-22(16)7-6-20(18)26/h4-7,11-14H,8-10H2,1-3H3,(H,28,29). The van der Waals surface area contributed by atoms with Crippen LogP contribution in [0.2, 0.25) is 0 Å². The van der Waals surface area contributed by atoms with E-state index >= 15 is 0 Å². The molecule has 1 N–H and O–H groups in total. The first kappa shape index (κ1) is 20.6. The number of imidazole rings is 1. The van der Waals surface area contributed by atoms with Gasteiger partial charge in [-0.3, -0.25) is 4.40 Å². The Morgan fingerprint density at radius 1 is 1.09 bits per heavy atom. The number of rotatable bonds is 5. The number of ether oxygens (including phenoxy) is 1. The maximum Gasteiger partial charge on any atom is 0.210 e. The predicted octanol–water partition coefficient (Wildman–Crippen LogP) is 4.56. The predicted molar refractivity (Wildman–Crippen MR) is 127 cm³/mol. The molecule has 172 valence electrons. The molecule has 4 aromatic heterocycles. The Kier molecular flexibility index (Phi) is 4.72. The number of hydrogen-bond acceptors (Lipinski definition) is 6. The summed E-state index contributed by atoms with van der Waals surface area (Å²) in [6.07, 6.45) is 6.01. The number of halogens is 1. The lowest BCUT2D eigenvalue weighted by molar-refractivity contribution is 0.356. The number of nitrogens with zero attached hydrogens (tertiary/aromatic N) is 6. The molecule has 9 heteroatoms. The summed E-state index contributed by atoms with van der Waals surface area (Å²) in [6, 6.07) is 7.26. The van der Waals surface area contributed by atoms with Crippen LogP contribution < -0.4 is 10.1 Å². The van der Waals surface area contributed by atoms with E-state index in [9.17, 15) is 4.39 Å². The van der Waals surface area contributed by atoms with Crippen molar-refractivity contribution in [3.05, 3.63) is 71.3 Å². The lowest BCUT2D eigenvalue weighted by atomic mass is 10.0. The fourth-order valence-electron chi connectivity index (χ4n) is 4.71. The molecular formula is C25H24FN7O. The molecule has 0 amide bonds. The Morgan fingerprint density at radius 3 is 2.82 bits per heavy atom. The molecule has 34 heavy (non-hydrogen) atoms. The molecule has 0 atom stereocenters. The van der Waals surface area contributed by atoms with Gasteiger partial charge in [0.2, 0.25) is 5.95 Å². The second-order valence-electron chi connectivity index (χ2n) is 8.86. The number of hydrogen-bond donors (Lipinski definition) is 1. The van der Waals surface area contributed by atoms with Gasteiger partial charge in [0.05, 0.1) is 6.61 Å². The molecule has 0 saturated heterocycles. The number of anilines is 1. The summed E-state index contributed by atoms with van der Waals surface area (Å²) in [5, 5.41) is 11.7. The molecule has 8 nitrogen and oxygen atoms in total. The first-order valence-corrected chi connectivity index (χ1v) is 11.4. The van der Waals surface area contributed by atoms with Crippen LogP contribution in [0.4, 0.5) is 10.3 Å². The molecule has 0 bridgehead atoms. The van der Waals surface area contributed by atoms with Crippen molar-refractivity contribution in [3.8, 4) is 16.9 Å². The van der Waals surface area contributed by atoms with E-state index < -0.39 is 0 Å². The molecule has 0 fully saturated rings. The Bertz CT molecular complexity index is 1550. The van der Waals surface area contributed by atoms with Gasteiger partial charge in [-0.05, 0) is 37.1 Å². The third-order valence-electron chi connectivity index (χ3n) is 6.45. The van der Waals surface area contributed by atoms with Crippen LogP contribution in [0.1, 0.15) is 42.3 Å². The Labute approximate surface area is 195 Å². The van der Waals surface area contributed by atoms with E-state index in [4.69, 9.17) is 9.72 Å². The molecule has 1 aromatic carbocycles. The molecule has 1 aliphatic heterocycles. The van der Waals surface area contributed by atoms with Crippen LogP contribution in [0.25, 0.3) is 22.4 Å². The zero-order valence-corrected chi connectivity index (χ0v) is 19.2. The van der Waals surface area contributed by atoms with Crippen molar-refractivity contribution in [2.45, 2.75) is 39.7 Å². The second kappa shape index (κ2) is 7.79. The van der Waals surface area contributed by atoms with E-state index in [0.29, 0.717) is 36.1 Å². The molecular weight excluding hydrogens is 433 g/mol. The van der Waals surface area contributed by atoms with Crippen molar-refractivity contribution in [1.82, 2.24) is 29.0 Å². The number of benzene rings is 1. The monoisotopic (exact) mass is 457 g/mol. The highest BCUT2D eigenvalue weighted by molar-refractivity contribution is 5.86. The van der Waals surface area contributed by atoms with Crippen LogP contribution in [-0.2, 0) is 13.0 Å². The number of aromatic nitrogens is 6. The number of nitrogens with one attached hydrogen (secondary N) is 1. The van der Waals surface area contributed by atoms with E-state index in [1.165, 1.54) is 6.07 Å². The molecule has 1 aliphatic rings. The molecule has 6 rings (SSSR count). The van der Waals surface area contributed by atoms with E-state index in [1.807, 2.05) is 12.3 Å². The van der Waals surface area contributed by atoms with Crippen LogP contribution in [0.3, 0.4) is 0 Å². The van der Waals surface area contributed by atoms with E-state index in [1.54, 1.807) is 23.0 Å². The minimum Gasteiger partial charge on any atom is -0.493 e. The summed E-state index contributed by atoms with van der Waals surface area (Å²) in [4.78, 5) is 9.36. The van der Waals surface area contributed by atoms with E-state index in [-0.39, 0.29) is 12.4 Å². The summed E-state index contributed by atoms with van der Waals surface area (Å²) >= 11 is 0. The number of aryl methyl sites for hydroxylation is 1. The van der Waals surface area contributed by atoms with Crippen molar-refractivity contribution in [3.63, 3.8) is 0 Å². The summed E-state index contributed by atoms with van der Waals surface area (Å²) in [6.45, 7) is 7.25. The van der Waals surface area contributed by atoms with Crippen molar-refractivity contribution in [1.29, 1.82) is 0 Å². The van der Waals surface area contributed by atoms with E-state index in [0.717, 1.165) is 39.5 Å². The average molecular weight is 458 g/mol. The summed E-state index contributed by atoms with van der Waals surface area (Å²) < 4.78 is 24.1. The topological polar surface area (TPSA) is 81.6 Å². The quantitative estimate of drug-likeness (QED) is 0.417.